The molecule has 1 heterocycles. The number of amides is 2. The standard InChI is InChI=1S/C19H22N2O3/c1-3-8-14(2)20-19(23)17(13-16-11-7-12-24-16)21-18(22)15-9-5-4-6-10-15/h4-7,9-14H,3,8H2,1-2H3,(H,20,23)(H,21,22)/b17-13-/t14-/m1/s1. The molecule has 5 nitrogen and oxygen atoms in total. The SMILES string of the molecule is CCC[C@@H](C)NC(=O)/C(=C/c1ccco1)NC(=O)c1ccccc1. The van der Waals surface area contributed by atoms with E-state index in [1.54, 1.807) is 36.4 Å². The predicted octanol–water partition coefficient (Wildman–Crippen LogP) is 3.36. The quantitative estimate of drug-likeness (QED) is 0.767. The highest BCUT2D eigenvalue weighted by atomic mass is 16.3. The highest BCUT2D eigenvalue weighted by Gasteiger charge is 2.16. The number of nitrogens with one attached hydrogen (secondary N) is 2. The third-order valence-electron chi connectivity index (χ3n) is 3.46. The molecule has 2 amide bonds. The molecule has 5 heteroatoms. The Bertz CT molecular complexity index is 691. The Morgan fingerprint density at radius 1 is 1.17 bits per heavy atom. The van der Waals surface area contributed by atoms with Crippen LogP contribution in [0.2, 0.25) is 0 Å². The molecule has 24 heavy (non-hydrogen) atoms. The van der Waals surface area contributed by atoms with Crippen molar-refractivity contribution in [1.82, 2.24) is 10.6 Å². The molecule has 0 saturated heterocycles. The first-order valence-corrected chi connectivity index (χ1v) is 8.02. The summed E-state index contributed by atoms with van der Waals surface area (Å²) in [6.45, 7) is 3.99. The molecule has 0 saturated carbocycles. The smallest absolute Gasteiger partial charge is 0.268 e. The van der Waals surface area contributed by atoms with Crippen LogP contribution in [-0.2, 0) is 4.79 Å². The van der Waals surface area contributed by atoms with Gasteiger partial charge in [-0.05, 0) is 37.6 Å². The van der Waals surface area contributed by atoms with Crippen molar-refractivity contribution < 1.29 is 14.0 Å². The van der Waals surface area contributed by atoms with E-state index in [4.69, 9.17) is 4.42 Å². The van der Waals surface area contributed by atoms with Crippen molar-refractivity contribution in [2.45, 2.75) is 32.7 Å². The molecule has 2 N–H and O–H groups in total. The van der Waals surface area contributed by atoms with Crippen LogP contribution in [-0.4, -0.2) is 17.9 Å². The lowest BCUT2D eigenvalue weighted by atomic mass is 10.2. The zero-order valence-corrected chi connectivity index (χ0v) is 13.9. The molecule has 0 aliphatic rings. The number of benzene rings is 1. The zero-order chi connectivity index (χ0) is 17.4. The van der Waals surface area contributed by atoms with Gasteiger partial charge in [0.05, 0.1) is 6.26 Å². The Kier molecular flexibility index (Phi) is 6.37. The fraction of sp³-hybridized carbons (Fsp3) is 0.263. The van der Waals surface area contributed by atoms with Crippen LogP contribution in [0.4, 0.5) is 0 Å². The van der Waals surface area contributed by atoms with Gasteiger partial charge in [0.25, 0.3) is 11.8 Å². The molecule has 0 aliphatic carbocycles. The van der Waals surface area contributed by atoms with Gasteiger partial charge in [-0.25, -0.2) is 0 Å². The number of hydrogen-bond acceptors (Lipinski definition) is 3. The molecule has 0 fully saturated rings. The largest absolute Gasteiger partial charge is 0.465 e. The first-order valence-electron chi connectivity index (χ1n) is 8.02. The molecule has 0 radical (unpaired) electrons. The van der Waals surface area contributed by atoms with Gasteiger partial charge in [0, 0.05) is 17.7 Å². The third-order valence-corrected chi connectivity index (χ3v) is 3.46. The maximum absolute atomic E-state index is 12.5. The molecule has 1 atom stereocenters. The summed E-state index contributed by atoms with van der Waals surface area (Å²) in [7, 11) is 0. The topological polar surface area (TPSA) is 71.3 Å². The average Bonchev–Trinajstić information content (AvgIpc) is 3.08. The molecule has 0 spiro atoms. The van der Waals surface area contributed by atoms with Crippen LogP contribution < -0.4 is 10.6 Å². The van der Waals surface area contributed by atoms with Crippen LogP contribution >= 0.6 is 0 Å². The van der Waals surface area contributed by atoms with Crippen molar-refractivity contribution in [3.05, 3.63) is 65.7 Å². The number of rotatable bonds is 7. The number of furan rings is 1. The molecular formula is C19H22N2O3. The van der Waals surface area contributed by atoms with Crippen LogP contribution in [0, 0.1) is 0 Å². The molecular weight excluding hydrogens is 304 g/mol. The Balaban J connectivity index is 2.17. The second-order valence-corrected chi connectivity index (χ2v) is 5.56. The molecule has 2 rings (SSSR count). The second-order valence-electron chi connectivity index (χ2n) is 5.56. The molecule has 0 aliphatic heterocycles. The van der Waals surface area contributed by atoms with Gasteiger partial charge in [-0.3, -0.25) is 9.59 Å². The van der Waals surface area contributed by atoms with Crippen LogP contribution in [0.5, 0.6) is 0 Å². The fourth-order valence-corrected chi connectivity index (χ4v) is 2.26. The molecule has 126 valence electrons. The summed E-state index contributed by atoms with van der Waals surface area (Å²) < 4.78 is 5.25. The fourth-order valence-electron chi connectivity index (χ4n) is 2.26. The van der Waals surface area contributed by atoms with Crippen molar-refractivity contribution in [1.29, 1.82) is 0 Å². The van der Waals surface area contributed by atoms with Gasteiger partial charge in [-0.1, -0.05) is 31.5 Å². The molecule has 0 unspecified atom stereocenters. The van der Waals surface area contributed by atoms with E-state index in [0.717, 1.165) is 12.8 Å². The number of carbonyl (C=O) groups is 2. The number of carbonyl (C=O) groups excluding carboxylic acids is 2. The van der Waals surface area contributed by atoms with Crippen molar-refractivity contribution in [3.63, 3.8) is 0 Å². The van der Waals surface area contributed by atoms with Crippen LogP contribution in [0.25, 0.3) is 6.08 Å². The van der Waals surface area contributed by atoms with Gasteiger partial charge in [-0.15, -0.1) is 0 Å². The third kappa shape index (κ3) is 5.12. The van der Waals surface area contributed by atoms with E-state index >= 15 is 0 Å². The highest BCUT2D eigenvalue weighted by molar-refractivity contribution is 6.05. The van der Waals surface area contributed by atoms with E-state index in [9.17, 15) is 9.59 Å². The summed E-state index contributed by atoms with van der Waals surface area (Å²) in [5, 5.41) is 5.56. The summed E-state index contributed by atoms with van der Waals surface area (Å²) in [5.74, 6) is -0.181. The van der Waals surface area contributed by atoms with Crippen molar-refractivity contribution in [2.75, 3.05) is 0 Å². The van der Waals surface area contributed by atoms with Crippen molar-refractivity contribution >= 4 is 17.9 Å². The Hall–Kier alpha value is -2.82. The van der Waals surface area contributed by atoms with Crippen molar-refractivity contribution in [2.24, 2.45) is 0 Å². The second kappa shape index (κ2) is 8.72. The predicted molar refractivity (Wildman–Crippen MR) is 93.1 cm³/mol. The van der Waals surface area contributed by atoms with Gasteiger partial charge < -0.3 is 15.1 Å². The minimum absolute atomic E-state index is 0.0242. The summed E-state index contributed by atoms with van der Waals surface area (Å²) >= 11 is 0. The first-order chi connectivity index (χ1) is 11.6. The van der Waals surface area contributed by atoms with E-state index in [1.807, 2.05) is 13.0 Å². The van der Waals surface area contributed by atoms with Crippen molar-refractivity contribution in [3.8, 4) is 0 Å². The van der Waals surface area contributed by atoms with Gasteiger partial charge in [0.1, 0.15) is 11.5 Å². The summed E-state index contributed by atoms with van der Waals surface area (Å²) in [6.07, 6.45) is 4.87. The van der Waals surface area contributed by atoms with Gasteiger partial charge >= 0.3 is 0 Å². The molecule has 2 aromatic rings. The van der Waals surface area contributed by atoms with E-state index < -0.39 is 0 Å². The maximum Gasteiger partial charge on any atom is 0.268 e. The summed E-state index contributed by atoms with van der Waals surface area (Å²) in [6, 6.07) is 12.2. The monoisotopic (exact) mass is 326 g/mol. The number of hydrogen-bond donors (Lipinski definition) is 2. The lowest BCUT2D eigenvalue weighted by molar-refractivity contribution is -0.118. The van der Waals surface area contributed by atoms with Crippen LogP contribution in [0.3, 0.4) is 0 Å². The van der Waals surface area contributed by atoms with E-state index in [1.165, 1.54) is 12.3 Å². The van der Waals surface area contributed by atoms with Crippen LogP contribution in [0.15, 0.2) is 58.8 Å². The van der Waals surface area contributed by atoms with Gasteiger partial charge in [0.15, 0.2) is 0 Å². The Labute approximate surface area is 141 Å². The Morgan fingerprint density at radius 2 is 1.92 bits per heavy atom. The highest BCUT2D eigenvalue weighted by Crippen LogP contribution is 2.08. The lowest BCUT2D eigenvalue weighted by Gasteiger charge is -2.15. The van der Waals surface area contributed by atoms with Gasteiger partial charge in [0.2, 0.25) is 0 Å². The summed E-state index contributed by atoms with van der Waals surface area (Å²) in [4.78, 5) is 24.8. The van der Waals surface area contributed by atoms with Gasteiger partial charge in [-0.2, -0.15) is 0 Å². The Morgan fingerprint density at radius 3 is 2.54 bits per heavy atom. The van der Waals surface area contributed by atoms with E-state index in [-0.39, 0.29) is 23.6 Å². The first kappa shape index (κ1) is 17.5. The minimum Gasteiger partial charge on any atom is -0.465 e. The molecule has 1 aromatic heterocycles. The minimum atomic E-state index is -0.341. The lowest BCUT2D eigenvalue weighted by Crippen LogP contribution is -2.39. The van der Waals surface area contributed by atoms with Crippen LogP contribution in [0.1, 0.15) is 42.8 Å². The maximum atomic E-state index is 12.5. The molecule has 1 aromatic carbocycles. The summed E-state index contributed by atoms with van der Waals surface area (Å²) in [5.41, 5.74) is 0.638. The zero-order valence-electron chi connectivity index (χ0n) is 13.9. The van der Waals surface area contributed by atoms with E-state index in [0.29, 0.717) is 11.3 Å². The molecule has 0 bridgehead atoms. The average molecular weight is 326 g/mol. The van der Waals surface area contributed by atoms with E-state index in [2.05, 4.69) is 17.6 Å². The normalized spacial score (nSPS) is 12.5.